The van der Waals surface area contributed by atoms with Gasteiger partial charge >= 0.3 is 12.1 Å². The van der Waals surface area contributed by atoms with Crippen LogP contribution < -0.4 is 10.6 Å². The molecule has 1 aliphatic rings. The van der Waals surface area contributed by atoms with Gasteiger partial charge < -0.3 is 30.3 Å². The fourth-order valence-corrected chi connectivity index (χ4v) is 3.94. The van der Waals surface area contributed by atoms with Gasteiger partial charge in [-0.05, 0) is 42.0 Å². The van der Waals surface area contributed by atoms with Gasteiger partial charge in [0.05, 0.1) is 6.54 Å². The van der Waals surface area contributed by atoms with Crippen molar-refractivity contribution in [1.29, 1.82) is 0 Å². The maximum Gasteiger partial charge on any atom is 0.407 e. The summed E-state index contributed by atoms with van der Waals surface area (Å²) in [5, 5.41) is 23.8. The lowest BCUT2D eigenvalue weighted by Crippen LogP contribution is -2.52. The van der Waals surface area contributed by atoms with Gasteiger partial charge in [0, 0.05) is 19.6 Å². The van der Waals surface area contributed by atoms with Crippen LogP contribution in [0.3, 0.4) is 0 Å². The summed E-state index contributed by atoms with van der Waals surface area (Å²) in [5.74, 6) is -2.20. The standard InChI is InChI=1S/C25H30N2O7/c1-25(32,23(29)30)15-26-22(28)21(12-7-13-33-2)27-24(31)34-14-20-18-10-5-3-8-16(18)17-9-4-6-11-19(17)20/h3-6,8-11,20-21,32H,7,12-15H2,1-2H3,(H,26,28)(H,27,31)(H,29,30). The molecule has 2 atom stereocenters. The van der Waals surface area contributed by atoms with Gasteiger partial charge in [-0.15, -0.1) is 0 Å². The number of hydrogen-bond acceptors (Lipinski definition) is 6. The van der Waals surface area contributed by atoms with Crippen molar-refractivity contribution in [3.05, 3.63) is 59.7 Å². The summed E-state index contributed by atoms with van der Waals surface area (Å²) in [5.41, 5.74) is 2.23. The third-order valence-electron chi connectivity index (χ3n) is 5.86. The molecule has 0 bridgehead atoms. The van der Waals surface area contributed by atoms with Crippen molar-refractivity contribution >= 4 is 18.0 Å². The van der Waals surface area contributed by atoms with Gasteiger partial charge in [-0.25, -0.2) is 9.59 Å². The maximum atomic E-state index is 12.6. The molecule has 34 heavy (non-hydrogen) atoms. The fourth-order valence-electron chi connectivity index (χ4n) is 3.94. The molecule has 0 radical (unpaired) electrons. The number of rotatable bonds is 11. The van der Waals surface area contributed by atoms with Crippen molar-refractivity contribution in [1.82, 2.24) is 10.6 Å². The van der Waals surface area contributed by atoms with Crippen molar-refractivity contribution in [3.8, 4) is 11.1 Å². The van der Waals surface area contributed by atoms with Crippen LogP contribution in [0.15, 0.2) is 48.5 Å². The van der Waals surface area contributed by atoms with Gasteiger partial charge in [0.1, 0.15) is 12.6 Å². The zero-order chi connectivity index (χ0) is 24.7. The predicted octanol–water partition coefficient (Wildman–Crippen LogP) is 2.27. The number of carboxylic acids is 1. The summed E-state index contributed by atoms with van der Waals surface area (Å²) in [4.78, 5) is 36.3. The van der Waals surface area contributed by atoms with E-state index >= 15 is 0 Å². The number of methoxy groups -OCH3 is 1. The smallest absolute Gasteiger partial charge is 0.407 e. The molecule has 182 valence electrons. The second-order valence-electron chi connectivity index (χ2n) is 8.45. The number of hydrogen-bond donors (Lipinski definition) is 4. The van der Waals surface area contributed by atoms with Crippen molar-refractivity contribution < 1.29 is 34.1 Å². The highest BCUT2D eigenvalue weighted by Gasteiger charge is 2.32. The summed E-state index contributed by atoms with van der Waals surface area (Å²) < 4.78 is 10.5. The van der Waals surface area contributed by atoms with E-state index < -0.39 is 36.2 Å². The van der Waals surface area contributed by atoms with E-state index in [0.717, 1.165) is 29.2 Å². The molecule has 0 fully saturated rings. The van der Waals surface area contributed by atoms with Crippen LogP contribution >= 0.6 is 0 Å². The van der Waals surface area contributed by atoms with Crippen LogP contribution in [0, 0.1) is 0 Å². The summed E-state index contributed by atoms with van der Waals surface area (Å²) >= 11 is 0. The molecule has 0 saturated carbocycles. The van der Waals surface area contributed by atoms with Crippen LogP contribution in [0.2, 0.25) is 0 Å². The summed E-state index contributed by atoms with van der Waals surface area (Å²) in [6, 6.07) is 14.9. The van der Waals surface area contributed by atoms with E-state index in [1.165, 1.54) is 7.11 Å². The molecular weight excluding hydrogens is 440 g/mol. The number of carbonyl (C=O) groups excluding carboxylic acids is 2. The molecule has 9 nitrogen and oxygen atoms in total. The normalized spacial score (nSPS) is 14.9. The first-order valence-electron chi connectivity index (χ1n) is 11.1. The monoisotopic (exact) mass is 470 g/mol. The number of ether oxygens (including phenoxy) is 2. The minimum Gasteiger partial charge on any atom is -0.479 e. The van der Waals surface area contributed by atoms with Gasteiger partial charge in [0.25, 0.3) is 0 Å². The van der Waals surface area contributed by atoms with Gasteiger partial charge in [0.15, 0.2) is 5.60 Å². The molecule has 0 spiro atoms. The number of nitrogens with one attached hydrogen (secondary N) is 2. The lowest BCUT2D eigenvalue weighted by molar-refractivity contribution is -0.156. The average molecular weight is 471 g/mol. The van der Waals surface area contributed by atoms with Crippen molar-refractivity contribution in [2.75, 3.05) is 26.9 Å². The molecule has 0 saturated heterocycles. The van der Waals surface area contributed by atoms with Gasteiger partial charge in [0.2, 0.25) is 5.91 Å². The molecular formula is C25H30N2O7. The lowest BCUT2D eigenvalue weighted by Gasteiger charge is -2.22. The number of aliphatic hydroxyl groups is 1. The number of amides is 2. The quantitative estimate of drug-likeness (QED) is 0.370. The van der Waals surface area contributed by atoms with Crippen molar-refractivity contribution in [2.24, 2.45) is 0 Å². The maximum absolute atomic E-state index is 12.6. The Labute approximate surface area is 198 Å². The molecule has 1 aliphatic carbocycles. The minimum absolute atomic E-state index is 0.0972. The van der Waals surface area contributed by atoms with E-state index in [-0.39, 0.29) is 18.9 Å². The van der Waals surface area contributed by atoms with E-state index in [2.05, 4.69) is 10.6 Å². The van der Waals surface area contributed by atoms with E-state index in [4.69, 9.17) is 14.6 Å². The Morgan fingerprint density at radius 2 is 1.65 bits per heavy atom. The second-order valence-corrected chi connectivity index (χ2v) is 8.45. The van der Waals surface area contributed by atoms with Gasteiger partial charge in [-0.1, -0.05) is 48.5 Å². The molecule has 2 aromatic rings. The summed E-state index contributed by atoms with van der Waals surface area (Å²) in [6.45, 7) is 1.05. The number of aliphatic carboxylic acids is 1. The first-order valence-corrected chi connectivity index (χ1v) is 11.1. The lowest BCUT2D eigenvalue weighted by atomic mass is 9.98. The Bertz CT molecular complexity index is 992. The van der Waals surface area contributed by atoms with Crippen LogP contribution in [-0.2, 0) is 19.1 Å². The highest BCUT2D eigenvalue weighted by molar-refractivity contribution is 5.86. The van der Waals surface area contributed by atoms with E-state index in [0.29, 0.717) is 13.0 Å². The molecule has 2 unspecified atom stereocenters. The number of carboxylic acid groups (broad SMARTS) is 1. The third kappa shape index (κ3) is 5.92. The van der Waals surface area contributed by atoms with Crippen LogP contribution in [0.25, 0.3) is 11.1 Å². The third-order valence-corrected chi connectivity index (χ3v) is 5.86. The molecule has 3 rings (SSSR count). The van der Waals surface area contributed by atoms with Crippen LogP contribution in [0.1, 0.15) is 36.8 Å². The van der Waals surface area contributed by atoms with Crippen molar-refractivity contribution in [2.45, 2.75) is 37.3 Å². The Balaban J connectivity index is 1.63. The Morgan fingerprint density at radius 3 is 2.21 bits per heavy atom. The number of fused-ring (bicyclic) bond motifs is 3. The molecule has 0 heterocycles. The second kappa shape index (κ2) is 11.1. The largest absolute Gasteiger partial charge is 0.479 e. The van der Waals surface area contributed by atoms with Crippen molar-refractivity contribution in [3.63, 3.8) is 0 Å². The van der Waals surface area contributed by atoms with Gasteiger partial charge in [-0.3, -0.25) is 4.79 Å². The molecule has 2 aromatic carbocycles. The summed E-state index contributed by atoms with van der Waals surface area (Å²) in [7, 11) is 1.53. The minimum atomic E-state index is -2.13. The van der Waals surface area contributed by atoms with E-state index in [1.807, 2.05) is 48.5 Å². The molecule has 0 aliphatic heterocycles. The van der Waals surface area contributed by atoms with Crippen LogP contribution in [0.4, 0.5) is 4.79 Å². The van der Waals surface area contributed by atoms with E-state index in [9.17, 15) is 19.5 Å². The van der Waals surface area contributed by atoms with E-state index in [1.54, 1.807) is 0 Å². The van der Waals surface area contributed by atoms with Gasteiger partial charge in [-0.2, -0.15) is 0 Å². The molecule has 4 N–H and O–H groups in total. The molecule has 0 aromatic heterocycles. The Kier molecular flexibility index (Phi) is 8.25. The fraction of sp³-hybridized carbons (Fsp3) is 0.400. The Morgan fingerprint density at radius 1 is 1.06 bits per heavy atom. The zero-order valence-corrected chi connectivity index (χ0v) is 19.2. The van der Waals surface area contributed by atoms with Crippen LogP contribution in [-0.4, -0.2) is 66.7 Å². The summed E-state index contributed by atoms with van der Waals surface area (Å²) in [6.07, 6.45) is -0.0310. The number of carbonyl (C=O) groups is 3. The first-order chi connectivity index (χ1) is 16.2. The predicted molar refractivity (Wildman–Crippen MR) is 124 cm³/mol. The Hall–Kier alpha value is -3.43. The average Bonchev–Trinajstić information content (AvgIpc) is 3.14. The topological polar surface area (TPSA) is 134 Å². The SMILES string of the molecule is COCCCC(NC(=O)OCC1c2ccccc2-c2ccccc21)C(=O)NCC(C)(O)C(=O)O. The zero-order valence-electron chi connectivity index (χ0n) is 19.2. The first kappa shape index (κ1) is 25.2. The number of alkyl carbamates (subject to hydrolysis) is 1. The molecule has 9 heteroatoms. The highest BCUT2D eigenvalue weighted by Crippen LogP contribution is 2.44. The number of benzene rings is 2. The molecule has 2 amide bonds. The highest BCUT2D eigenvalue weighted by atomic mass is 16.5. The van der Waals surface area contributed by atoms with Crippen LogP contribution in [0.5, 0.6) is 0 Å².